The molecule has 0 aliphatic carbocycles. The number of pyridine rings is 2. The molecule has 0 unspecified atom stereocenters. The van der Waals surface area contributed by atoms with Crippen molar-refractivity contribution >= 4 is 21.8 Å². The molecule has 11 heteroatoms. The normalized spacial score (nSPS) is 11.6. The number of halogens is 3. The van der Waals surface area contributed by atoms with Crippen LogP contribution in [0.25, 0.3) is 50.3 Å². The van der Waals surface area contributed by atoms with Crippen molar-refractivity contribution in [2.45, 2.75) is 13.1 Å². The Kier molecular flexibility index (Phi) is 7.64. The molecule has 8 nitrogen and oxygen atoms in total. The fraction of sp³-hybridized carbons (Fsp3) is 0.0513. The minimum absolute atomic E-state index is 0.217. The largest absolute Gasteiger partial charge is 0.457 e. The second-order valence-electron chi connectivity index (χ2n) is 11.5. The highest BCUT2D eigenvalue weighted by Gasteiger charge is 2.36. The predicted octanol–water partition coefficient (Wildman–Crippen LogP) is 10.0. The fourth-order valence-corrected chi connectivity index (χ4v) is 5.92. The molecule has 0 N–H and O–H groups in total. The third kappa shape index (κ3) is 5.85. The van der Waals surface area contributed by atoms with E-state index < -0.39 is 11.7 Å². The SMILES string of the molecule is Cc1cc2c3cc(C(F)(F)F)c(Oc4cccc(-c5ccccn5)c4)cc3n(-c3ncncn3)c2cc1Oc1cccc(-c2ccccn2)c1. The number of ether oxygens (including phenoxy) is 2. The Bertz CT molecular complexity index is 2490. The first kappa shape index (κ1) is 30.7. The summed E-state index contributed by atoms with van der Waals surface area (Å²) in [4.78, 5) is 21.4. The zero-order valence-electron chi connectivity index (χ0n) is 26.3. The van der Waals surface area contributed by atoms with Crippen molar-refractivity contribution in [2.24, 2.45) is 0 Å². The van der Waals surface area contributed by atoms with Gasteiger partial charge >= 0.3 is 6.18 Å². The van der Waals surface area contributed by atoms with Gasteiger partial charge in [-0.15, -0.1) is 0 Å². The molecule has 0 saturated carbocycles. The highest BCUT2D eigenvalue weighted by Crippen LogP contribution is 2.45. The summed E-state index contributed by atoms with van der Waals surface area (Å²) in [7, 11) is 0. The van der Waals surface area contributed by atoms with E-state index in [0.717, 1.165) is 22.9 Å². The molecule has 50 heavy (non-hydrogen) atoms. The zero-order valence-corrected chi connectivity index (χ0v) is 26.3. The molecule has 0 radical (unpaired) electrons. The molecule has 0 atom stereocenters. The molecule has 8 aromatic rings. The first-order valence-corrected chi connectivity index (χ1v) is 15.5. The van der Waals surface area contributed by atoms with Crippen LogP contribution in [-0.4, -0.2) is 29.5 Å². The highest BCUT2D eigenvalue weighted by atomic mass is 19.4. The molecule has 0 aliphatic heterocycles. The minimum atomic E-state index is -4.72. The van der Waals surface area contributed by atoms with Crippen molar-refractivity contribution in [1.29, 1.82) is 0 Å². The maximum absolute atomic E-state index is 14.7. The summed E-state index contributed by atoms with van der Waals surface area (Å²) in [5.41, 5.74) is 3.77. The van der Waals surface area contributed by atoms with Crippen molar-refractivity contribution in [3.05, 3.63) is 145 Å². The van der Waals surface area contributed by atoms with E-state index in [0.29, 0.717) is 44.6 Å². The highest BCUT2D eigenvalue weighted by molar-refractivity contribution is 6.10. The maximum Gasteiger partial charge on any atom is 0.420 e. The van der Waals surface area contributed by atoms with E-state index in [1.54, 1.807) is 47.3 Å². The molecule has 0 bridgehead atoms. The number of aryl methyl sites for hydroxylation is 1. The van der Waals surface area contributed by atoms with Gasteiger partial charge in [0.1, 0.15) is 35.7 Å². The van der Waals surface area contributed by atoms with Gasteiger partial charge < -0.3 is 9.47 Å². The Morgan fingerprint density at radius 3 is 1.70 bits per heavy atom. The number of fused-ring (bicyclic) bond motifs is 3. The Morgan fingerprint density at radius 1 is 0.580 bits per heavy atom. The summed E-state index contributed by atoms with van der Waals surface area (Å²) in [5, 5.41) is 0.899. The van der Waals surface area contributed by atoms with Crippen LogP contribution >= 0.6 is 0 Å². The van der Waals surface area contributed by atoms with Gasteiger partial charge in [-0.3, -0.25) is 14.5 Å². The topological polar surface area (TPSA) is 87.8 Å². The number of hydrogen-bond donors (Lipinski definition) is 0. The number of alkyl halides is 3. The van der Waals surface area contributed by atoms with Gasteiger partial charge in [0.05, 0.1) is 28.0 Å². The van der Waals surface area contributed by atoms with Gasteiger partial charge in [0.25, 0.3) is 0 Å². The van der Waals surface area contributed by atoms with E-state index >= 15 is 0 Å². The predicted molar refractivity (Wildman–Crippen MR) is 183 cm³/mol. The second-order valence-corrected chi connectivity index (χ2v) is 11.5. The average molecular weight is 667 g/mol. The van der Waals surface area contributed by atoms with E-state index in [1.165, 1.54) is 18.7 Å². The van der Waals surface area contributed by atoms with Gasteiger partial charge in [0.2, 0.25) is 5.95 Å². The Labute approximate surface area is 283 Å². The van der Waals surface area contributed by atoms with E-state index in [-0.39, 0.29) is 17.4 Å². The molecule has 0 fully saturated rings. The second kappa shape index (κ2) is 12.4. The van der Waals surface area contributed by atoms with Crippen LogP contribution < -0.4 is 9.47 Å². The van der Waals surface area contributed by atoms with Crippen molar-refractivity contribution < 1.29 is 22.6 Å². The maximum atomic E-state index is 14.7. The van der Waals surface area contributed by atoms with Crippen LogP contribution in [0.3, 0.4) is 0 Å². The number of benzene rings is 4. The lowest BCUT2D eigenvalue weighted by Crippen LogP contribution is -2.08. The number of aromatic nitrogens is 6. The summed E-state index contributed by atoms with van der Waals surface area (Å²) in [6.07, 6.45) is 1.32. The molecule has 4 aromatic heterocycles. The van der Waals surface area contributed by atoms with Crippen LogP contribution in [0.4, 0.5) is 13.2 Å². The van der Waals surface area contributed by atoms with E-state index in [2.05, 4.69) is 24.9 Å². The molecule has 0 saturated heterocycles. The molecular weight excluding hydrogens is 641 g/mol. The summed E-state index contributed by atoms with van der Waals surface area (Å²) in [6.45, 7) is 1.85. The van der Waals surface area contributed by atoms with Crippen molar-refractivity contribution in [3.63, 3.8) is 0 Å². The van der Waals surface area contributed by atoms with E-state index in [4.69, 9.17) is 9.47 Å². The quantitative estimate of drug-likeness (QED) is 0.167. The number of rotatable bonds is 7. The fourth-order valence-electron chi connectivity index (χ4n) is 5.92. The standard InChI is InChI=1S/C39H25F3N6O2/c1-24-16-29-30-19-31(39(40,41)42)37(50-28-11-7-9-26(18-28)33-13-3-5-15-45-33)21-35(30)48(38-46-22-43-23-47-38)34(29)20-36(24)49-27-10-6-8-25(17-27)32-12-2-4-14-44-32/h2-23H,1H3. The van der Waals surface area contributed by atoms with Crippen LogP contribution in [0.15, 0.2) is 134 Å². The molecule has 4 aromatic carbocycles. The van der Waals surface area contributed by atoms with Crippen molar-refractivity contribution in [3.8, 4) is 51.5 Å². The van der Waals surface area contributed by atoms with Crippen LogP contribution in [0, 0.1) is 6.92 Å². The van der Waals surface area contributed by atoms with Gasteiger partial charge in [-0.25, -0.2) is 15.0 Å². The van der Waals surface area contributed by atoms with Gasteiger partial charge in [-0.05, 0) is 73.2 Å². The molecule has 0 aliphatic rings. The molecule has 0 spiro atoms. The van der Waals surface area contributed by atoms with Crippen molar-refractivity contribution in [2.75, 3.05) is 0 Å². The van der Waals surface area contributed by atoms with Gasteiger partial charge in [0.15, 0.2) is 0 Å². The molecule has 8 rings (SSSR count). The van der Waals surface area contributed by atoms with Crippen LogP contribution in [0.5, 0.6) is 23.0 Å². The summed E-state index contributed by atoms with van der Waals surface area (Å²) in [6, 6.07) is 31.5. The smallest absolute Gasteiger partial charge is 0.420 e. The monoisotopic (exact) mass is 666 g/mol. The first-order valence-electron chi connectivity index (χ1n) is 15.5. The van der Waals surface area contributed by atoms with Crippen LogP contribution in [0.2, 0.25) is 0 Å². The third-order valence-electron chi connectivity index (χ3n) is 8.19. The molecule has 244 valence electrons. The van der Waals surface area contributed by atoms with E-state index in [9.17, 15) is 13.2 Å². The van der Waals surface area contributed by atoms with E-state index in [1.807, 2.05) is 73.7 Å². The van der Waals surface area contributed by atoms with Gasteiger partial charge in [-0.1, -0.05) is 36.4 Å². The molecular formula is C39H25F3N6O2. The minimum Gasteiger partial charge on any atom is -0.457 e. The van der Waals surface area contributed by atoms with Gasteiger partial charge in [-0.2, -0.15) is 13.2 Å². The van der Waals surface area contributed by atoms with Crippen LogP contribution in [-0.2, 0) is 6.18 Å². The Hall–Kier alpha value is -6.62. The number of nitrogens with zero attached hydrogens (tertiary/aromatic N) is 6. The Balaban J connectivity index is 1.28. The molecule has 0 amide bonds. The first-order chi connectivity index (χ1) is 24.3. The summed E-state index contributed by atoms with van der Waals surface area (Å²) in [5.74, 6) is 1.14. The number of hydrogen-bond acceptors (Lipinski definition) is 7. The summed E-state index contributed by atoms with van der Waals surface area (Å²) >= 11 is 0. The lowest BCUT2D eigenvalue weighted by molar-refractivity contribution is -0.138. The Morgan fingerprint density at radius 2 is 1.14 bits per heavy atom. The average Bonchev–Trinajstić information content (AvgIpc) is 3.44. The van der Waals surface area contributed by atoms with Gasteiger partial charge in [0, 0.05) is 46.4 Å². The lowest BCUT2D eigenvalue weighted by atomic mass is 10.1. The third-order valence-corrected chi connectivity index (χ3v) is 8.19. The summed E-state index contributed by atoms with van der Waals surface area (Å²) < 4.78 is 58.3. The van der Waals surface area contributed by atoms with Crippen molar-refractivity contribution in [1.82, 2.24) is 29.5 Å². The van der Waals surface area contributed by atoms with Crippen LogP contribution in [0.1, 0.15) is 11.1 Å². The zero-order chi connectivity index (χ0) is 34.2. The lowest BCUT2D eigenvalue weighted by Gasteiger charge is -2.15. The molecule has 4 heterocycles.